The van der Waals surface area contributed by atoms with Crippen molar-refractivity contribution in [1.29, 1.82) is 0 Å². The van der Waals surface area contributed by atoms with Crippen LogP contribution in [0.15, 0.2) is 30.3 Å². The van der Waals surface area contributed by atoms with Gasteiger partial charge in [0, 0.05) is 6.54 Å². The molecule has 0 amide bonds. The highest BCUT2D eigenvalue weighted by Gasteiger charge is 2.12. The summed E-state index contributed by atoms with van der Waals surface area (Å²) >= 11 is 0. The van der Waals surface area contributed by atoms with E-state index in [1.54, 1.807) is 4.68 Å². The van der Waals surface area contributed by atoms with Crippen molar-refractivity contribution in [1.82, 2.24) is 9.78 Å². The first-order valence-electron chi connectivity index (χ1n) is 4.62. The summed E-state index contributed by atoms with van der Waals surface area (Å²) in [6.45, 7) is 0.296. The second-order valence-electron chi connectivity index (χ2n) is 3.20. The summed E-state index contributed by atoms with van der Waals surface area (Å²) in [7, 11) is 0. The van der Waals surface area contributed by atoms with E-state index in [0.717, 1.165) is 5.69 Å². The highest BCUT2D eigenvalue weighted by molar-refractivity contribution is 5.57. The molecule has 5 nitrogen and oxygen atoms in total. The number of hydrogen-bond donors (Lipinski definition) is 3. The van der Waals surface area contributed by atoms with E-state index in [4.69, 9.17) is 17.2 Å². The molecule has 1 aromatic carbocycles. The largest absolute Gasteiger partial charge is 0.383 e. The number of aromatic nitrogens is 2. The van der Waals surface area contributed by atoms with E-state index in [0.29, 0.717) is 23.7 Å². The van der Waals surface area contributed by atoms with Crippen molar-refractivity contribution >= 4 is 11.6 Å². The molecule has 0 bridgehead atoms. The van der Waals surface area contributed by atoms with Crippen LogP contribution in [0.2, 0.25) is 0 Å². The van der Waals surface area contributed by atoms with E-state index in [-0.39, 0.29) is 0 Å². The number of benzene rings is 1. The molecule has 78 valence electrons. The molecule has 15 heavy (non-hydrogen) atoms. The highest BCUT2D eigenvalue weighted by Crippen LogP contribution is 2.21. The predicted octanol–water partition coefficient (Wildman–Crippen LogP) is 0.495. The monoisotopic (exact) mass is 203 g/mol. The molecular formula is C10H13N5. The molecule has 0 fully saturated rings. The first kappa shape index (κ1) is 9.54. The Morgan fingerprint density at radius 3 is 2.33 bits per heavy atom. The van der Waals surface area contributed by atoms with Crippen molar-refractivity contribution in [3.8, 4) is 5.69 Å². The summed E-state index contributed by atoms with van der Waals surface area (Å²) in [5.41, 5.74) is 18.7. The fourth-order valence-corrected chi connectivity index (χ4v) is 1.46. The first-order chi connectivity index (χ1) is 7.24. The molecular weight excluding hydrogens is 190 g/mol. The van der Waals surface area contributed by atoms with Gasteiger partial charge in [0.1, 0.15) is 5.82 Å². The molecule has 0 aliphatic carbocycles. The molecule has 0 saturated carbocycles. The minimum absolute atomic E-state index is 0.296. The third-order valence-corrected chi connectivity index (χ3v) is 2.26. The average molecular weight is 203 g/mol. The van der Waals surface area contributed by atoms with E-state index in [1.165, 1.54) is 0 Å². The Morgan fingerprint density at radius 2 is 1.80 bits per heavy atom. The van der Waals surface area contributed by atoms with E-state index < -0.39 is 0 Å². The molecule has 1 aromatic heterocycles. The Hall–Kier alpha value is -2.01. The van der Waals surface area contributed by atoms with Crippen LogP contribution in [0, 0.1) is 0 Å². The molecule has 1 heterocycles. The lowest BCUT2D eigenvalue weighted by atomic mass is 10.3. The molecule has 6 N–H and O–H groups in total. The number of nitrogens with zero attached hydrogens (tertiary/aromatic N) is 2. The van der Waals surface area contributed by atoms with Gasteiger partial charge in [0.25, 0.3) is 0 Å². The second-order valence-corrected chi connectivity index (χ2v) is 3.20. The van der Waals surface area contributed by atoms with Crippen LogP contribution >= 0.6 is 0 Å². The lowest BCUT2D eigenvalue weighted by Crippen LogP contribution is -2.05. The van der Waals surface area contributed by atoms with Crippen LogP contribution in [-0.4, -0.2) is 9.78 Å². The van der Waals surface area contributed by atoms with E-state index in [2.05, 4.69) is 5.10 Å². The van der Waals surface area contributed by atoms with Gasteiger partial charge in [-0.15, -0.1) is 5.10 Å². The standard InChI is InChI=1S/C10H13N5/c11-6-8-9(12)14-15(10(8)13)7-4-2-1-3-5-7/h1-5H,6,11,13H2,(H2,12,14). The quantitative estimate of drug-likeness (QED) is 0.662. The zero-order valence-electron chi connectivity index (χ0n) is 8.22. The molecule has 0 unspecified atom stereocenters. The maximum absolute atomic E-state index is 5.89. The molecule has 0 aliphatic heterocycles. The molecule has 0 spiro atoms. The van der Waals surface area contributed by atoms with Gasteiger partial charge in [-0.3, -0.25) is 0 Å². The van der Waals surface area contributed by atoms with Gasteiger partial charge in [-0.1, -0.05) is 18.2 Å². The summed E-state index contributed by atoms with van der Waals surface area (Å²) in [6.07, 6.45) is 0. The van der Waals surface area contributed by atoms with Crippen molar-refractivity contribution < 1.29 is 0 Å². The number of anilines is 2. The number of hydrogen-bond acceptors (Lipinski definition) is 4. The van der Waals surface area contributed by atoms with Crippen LogP contribution in [0.25, 0.3) is 5.69 Å². The minimum atomic E-state index is 0.296. The first-order valence-corrected chi connectivity index (χ1v) is 4.62. The van der Waals surface area contributed by atoms with Gasteiger partial charge in [0.05, 0.1) is 11.3 Å². The molecule has 2 rings (SSSR count). The Labute approximate surface area is 87.5 Å². The lowest BCUT2D eigenvalue weighted by Gasteiger charge is -2.03. The van der Waals surface area contributed by atoms with E-state index >= 15 is 0 Å². The maximum atomic E-state index is 5.89. The number of para-hydroxylation sites is 1. The normalized spacial score (nSPS) is 10.5. The van der Waals surface area contributed by atoms with Gasteiger partial charge in [0.2, 0.25) is 0 Å². The summed E-state index contributed by atoms with van der Waals surface area (Å²) in [5.74, 6) is 0.889. The van der Waals surface area contributed by atoms with Crippen LogP contribution in [0.4, 0.5) is 11.6 Å². The fraction of sp³-hybridized carbons (Fsp3) is 0.100. The van der Waals surface area contributed by atoms with Crippen LogP contribution in [-0.2, 0) is 6.54 Å². The van der Waals surface area contributed by atoms with Gasteiger partial charge >= 0.3 is 0 Å². The predicted molar refractivity (Wildman–Crippen MR) is 60.3 cm³/mol. The smallest absolute Gasteiger partial charge is 0.152 e. The molecule has 0 saturated heterocycles. The van der Waals surface area contributed by atoms with Gasteiger partial charge in [-0.25, -0.2) is 4.68 Å². The number of nitrogens with two attached hydrogens (primary N) is 3. The summed E-state index contributed by atoms with van der Waals surface area (Å²) in [4.78, 5) is 0. The van der Waals surface area contributed by atoms with Gasteiger partial charge in [-0.05, 0) is 12.1 Å². The maximum Gasteiger partial charge on any atom is 0.152 e. The topological polar surface area (TPSA) is 95.9 Å². The van der Waals surface area contributed by atoms with Crippen LogP contribution in [0.1, 0.15) is 5.56 Å². The summed E-state index contributed by atoms with van der Waals surface area (Å²) < 4.78 is 1.59. The van der Waals surface area contributed by atoms with Crippen molar-refractivity contribution in [3.05, 3.63) is 35.9 Å². The number of nitrogen functional groups attached to an aromatic ring is 2. The Kier molecular flexibility index (Phi) is 2.31. The zero-order chi connectivity index (χ0) is 10.8. The minimum Gasteiger partial charge on any atom is -0.383 e. The Morgan fingerprint density at radius 1 is 1.13 bits per heavy atom. The van der Waals surface area contributed by atoms with Crippen molar-refractivity contribution in [2.45, 2.75) is 6.54 Å². The summed E-state index contributed by atoms with van der Waals surface area (Å²) in [6, 6.07) is 9.56. The number of rotatable bonds is 2. The van der Waals surface area contributed by atoms with Crippen molar-refractivity contribution in [3.63, 3.8) is 0 Å². The van der Waals surface area contributed by atoms with Crippen LogP contribution < -0.4 is 17.2 Å². The Bertz CT molecular complexity index is 460. The highest BCUT2D eigenvalue weighted by atomic mass is 15.3. The van der Waals surface area contributed by atoms with Crippen LogP contribution in [0.5, 0.6) is 0 Å². The van der Waals surface area contributed by atoms with Crippen molar-refractivity contribution in [2.24, 2.45) is 5.73 Å². The van der Waals surface area contributed by atoms with E-state index in [9.17, 15) is 0 Å². The molecule has 0 radical (unpaired) electrons. The molecule has 0 aliphatic rings. The van der Waals surface area contributed by atoms with Crippen molar-refractivity contribution in [2.75, 3.05) is 11.5 Å². The van der Waals surface area contributed by atoms with Crippen LogP contribution in [0.3, 0.4) is 0 Å². The molecule has 0 atom stereocenters. The molecule has 2 aromatic rings. The van der Waals surface area contributed by atoms with Gasteiger partial charge < -0.3 is 17.2 Å². The Balaban J connectivity index is 2.55. The fourth-order valence-electron chi connectivity index (χ4n) is 1.46. The lowest BCUT2D eigenvalue weighted by molar-refractivity contribution is 0.896. The summed E-state index contributed by atoms with van der Waals surface area (Å²) in [5, 5.41) is 4.14. The average Bonchev–Trinajstić information content (AvgIpc) is 2.55. The third-order valence-electron chi connectivity index (χ3n) is 2.26. The van der Waals surface area contributed by atoms with Gasteiger partial charge in [-0.2, -0.15) is 0 Å². The van der Waals surface area contributed by atoms with E-state index in [1.807, 2.05) is 30.3 Å². The molecule has 5 heteroatoms. The second kappa shape index (κ2) is 3.62. The zero-order valence-corrected chi connectivity index (χ0v) is 8.22. The SMILES string of the molecule is NCc1c(N)nn(-c2ccccc2)c1N. The van der Waals surface area contributed by atoms with Gasteiger partial charge in [0.15, 0.2) is 5.82 Å². The third kappa shape index (κ3) is 1.53.